The Morgan fingerprint density at radius 1 is 1.16 bits per heavy atom. The second-order valence-corrected chi connectivity index (χ2v) is 5.54. The van der Waals surface area contributed by atoms with Gasteiger partial charge in [0.05, 0.1) is 15.7 Å². The predicted molar refractivity (Wildman–Crippen MR) is 80.6 cm³/mol. The van der Waals surface area contributed by atoms with Crippen LogP contribution in [0, 0.1) is 0 Å². The summed E-state index contributed by atoms with van der Waals surface area (Å²) in [6.45, 7) is 2.90. The Balaban J connectivity index is 2.00. The zero-order chi connectivity index (χ0) is 13.8. The number of anilines is 1. The molecule has 104 valence electrons. The topological polar surface area (TPSA) is 23.6 Å². The minimum absolute atomic E-state index is 0.117. The van der Waals surface area contributed by atoms with E-state index in [1.165, 1.54) is 0 Å². The molecule has 1 heterocycles. The fourth-order valence-electron chi connectivity index (χ4n) is 2.17. The maximum Gasteiger partial charge on any atom is 0.223 e. The average molecular weight is 322 g/mol. The smallest absolute Gasteiger partial charge is 0.223 e. The third-order valence-corrected chi connectivity index (χ3v) is 4.21. The van der Waals surface area contributed by atoms with Gasteiger partial charge in [0.15, 0.2) is 0 Å². The maximum atomic E-state index is 11.7. The molecule has 0 unspecified atom stereocenters. The number of piperazine rings is 1. The van der Waals surface area contributed by atoms with E-state index in [0.29, 0.717) is 35.4 Å². The van der Waals surface area contributed by atoms with E-state index in [9.17, 15) is 4.79 Å². The number of alkyl halides is 1. The first kappa shape index (κ1) is 14.8. The molecule has 0 radical (unpaired) electrons. The van der Waals surface area contributed by atoms with Crippen LogP contribution in [0.2, 0.25) is 10.0 Å². The van der Waals surface area contributed by atoms with Gasteiger partial charge in [0.2, 0.25) is 5.91 Å². The molecule has 1 aliphatic heterocycles. The molecule has 1 aliphatic rings. The van der Waals surface area contributed by atoms with Crippen LogP contribution >= 0.6 is 34.8 Å². The molecule has 1 fully saturated rings. The van der Waals surface area contributed by atoms with Crippen molar-refractivity contribution >= 4 is 46.4 Å². The number of benzene rings is 1. The normalized spacial score (nSPS) is 15.7. The Kier molecular flexibility index (Phi) is 5.20. The summed E-state index contributed by atoms with van der Waals surface area (Å²) in [6, 6.07) is 5.60. The molecule has 6 heteroatoms. The fraction of sp³-hybridized carbons (Fsp3) is 0.462. The Morgan fingerprint density at radius 3 is 2.47 bits per heavy atom. The summed E-state index contributed by atoms with van der Waals surface area (Å²) >= 11 is 17.8. The molecule has 1 aromatic carbocycles. The Labute approximate surface area is 128 Å². The van der Waals surface area contributed by atoms with E-state index in [2.05, 4.69) is 4.90 Å². The molecule has 0 N–H and O–H groups in total. The van der Waals surface area contributed by atoms with E-state index >= 15 is 0 Å². The lowest BCUT2D eigenvalue weighted by Gasteiger charge is -2.36. The first-order valence-electron chi connectivity index (χ1n) is 6.16. The SMILES string of the molecule is O=C(CCCl)N1CCN(c2cccc(Cl)c2Cl)CC1. The molecule has 0 spiro atoms. The lowest BCUT2D eigenvalue weighted by Crippen LogP contribution is -2.48. The highest BCUT2D eigenvalue weighted by atomic mass is 35.5. The summed E-state index contributed by atoms with van der Waals surface area (Å²) in [5.41, 5.74) is 0.929. The summed E-state index contributed by atoms with van der Waals surface area (Å²) in [6.07, 6.45) is 0.402. The Morgan fingerprint density at radius 2 is 1.84 bits per heavy atom. The second-order valence-electron chi connectivity index (χ2n) is 4.38. The highest BCUT2D eigenvalue weighted by Crippen LogP contribution is 2.32. The standard InChI is InChI=1S/C13H15Cl3N2O/c14-5-4-12(19)18-8-6-17(7-9-18)11-3-1-2-10(15)13(11)16/h1-3H,4-9H2. The van der Waals surface area contributed by atoms with Crippen molar-refractivity contribution in [3.63, 3.8) is 0 Å². The van der Waals surface area contributed by atoms with Gasteiger partial charge in [-0.15, -0.1) is 11.6 Å². The summed E-state index contributed by atoms with van der Waals surface area (Å²) < 4.78 is 0. The number of amides is 1. The van der Waals surface area contributed by atoms with Crippen molar-refractivity contribution in [3.8, 4) is 0 Å². The average Bonchev–Trinajstić information content (AvgIpc) is 2.42. The van der Waals surface area contributed by atoms with Crippen LogP contribution < -0.4 is 4.90 Å². The summed E-state index contributed by atoms with van der Waals surface area (Å²) in [4.78, 5) is 15.7. The van der Waals surface area contributed by atoms with Crippen LogP contribution in [0.1, 0.15) is 6.42 Å². The van der Waals surface area contributed by atoms with Gasteiger partial charge in [-0.1, -0.05) is 29.3 Å². The molecule has 1 aromatic rings. The lowest BCUT2D eigenvalue weighted by molar-refractivity contribution is -0.131. The number of halogens is 3. The lowest BCUT2D eigenvalue weighted by atomic mass is 10.2. The summed E-state index contributed by atoms with van der Waals surface area (Å²) in [7, 11) is 0. The van der Waals surface area contributed by atoms with E-state index in [1.54, 1.807) is 6.07 Å². The molecule has 0 aliphatic carbocycles. The van der Waals surface area contributed by atoms with Crippen LogP contribution in [0.4, 0.5) is 5.69 Å². The van der Waals surface area contributed by atoms with Crippen molar-refractivity contribution in [2.75, 3.05) is 37.0 Å². The quantitative estimate of drug-likeness (QED) is 0.798. The largest absolute Gasteiger partial charge is 0.367 e. The van der Waals surface area contributed by atoms with E-state index < -0.39 is 0 Å². The van der Waals surface area contributed by atoms with Crippen LogP contribution in [-0.2, 0) is 4.79 Å². The van der Waals surface area contributed by atoms with Gasteiger partial charge >= 0.3 is 0 Å². The number of hydrogen-bond donors (Lipinski definition) is 0. The highest BCUT2D eigenvalue weighted by molar-refractivity contribution is 6.43. The molecule has 0 saturated carbocycles. The van der Waals surface area contributed by atoms with Gasteiger partial charge in [0, 0.05) is 38.5 Å². The van der Waals surface area contributed by atoms with Gasteiger partial charge in [0.1, 0.15) is 0 Å². The monoisotopic (exact) mass is 320 g/mol. The highest BCUT2D eigenvalue weighted by Gasteiger charge is 2.22. The Hall–Kier alpha value is -0.640. The molecular formula is C13H15Cl3N2O. The summed E-state index contributed by atoms with van der Waals surface area (Å²) in [5, 5.41) is 1.13. The van der Waals surface area contributed by atoms with Gasteiger partial charge < -0.3 is 9.80 Å². The third-order valence-electron chi connectivity index (χ3n) is 3.21. The minimum atomic E-state index is 0.117. The van der Waals surface area contributed by atoms with E-state index in [-0.39, 0.29) is 5.91 Å². The van der Waals surface area contributed by atoms with Gasteiger partial charge in [-0.25, -0.2) is 0 Å². The van der Waals surface area contributed by atoms with Crippen LogP contribution in [-0.4, -0.2) is 42.9 Å². The van der Waals surface area contributed by atoms with Crippen molar-refractivity contribution in [2.45, 2.75) is 6.42 Å². The fourth-order valence-corrected chi connectivity index (χ4v) is 2.75. The second kappa shape index (κ2) is 6.69. The van der Waals surface area contributed by atoms with Gasteiger partial charge in [0.25, 0.3) is 0 Å². The van der Waals surface area contributed by atoms with Crippen molar-refractivity contribution in [3.05, 3.63) is 28.2 Å². The molecule has 1 amide bonds. The number of hydrogen-bond acceptors (Lipinski definition) is 2. The van der Waals surface area contributed by atoms with Gasteiger partial charge in [-0.2, -0.15) is 0 Å². The molecular weight excluding hydrogens is 307 g/mol. The predicted octanol–water partition coefficient (Wildman–Crippen LogP) is 3.27. The zero-order valence-corrected chi connectivity index (χ0v) is 12.7. The molecule has 0 aromatic heterocycles. The number of nitrogens with zero attached hydrogens (tertiary/aromatic N) is 2. The van der Waals surface area contributed by atoms with E-state index in [0.717, 1.165) is 18.8 Å². The molecule has 3 nitrogen and oxygen atoms in total. The minimum Gasteiger partial charge on any atom is -0.367 e. The van der Waals surface area contributed by atoms with E-state index in [4.69, 9.17) is 34.8 Å². The van der Waals surface area contributed by atoms with Crippen LogP contribution in [0.5, 0.6) is 0 Å². The van der Waals surface area contributed by atoms with Crippen molar-refractivity contribution in [2.24, 2.45) is 0 Å². The zero-order valence-electron chi connectivity index (χ0n) is 10.4. The van der Waals surface area contributed by atoms with Crippen LogP contribution in [0.3, 0.4) is 0 Å². The van der Waals surface area contributed by atoms with Crippen molar-refractivity contribution in [1.82, 2.24) is 4.90 Å². The number of carbonyl (C=O) groups is 1. The first-order chi connectivity index (χ1) is 9.13. The molecule has 19 heavy (non-hydrogen) atoms. The number of rotatable bonds is 3. The van der Waals surface area contributed by atoms with Gasteiger partial charge in [-0.3, -0.25) is 4.79 Å². The first-order valence-corrected chi connectivity index (χ1v) is 7.45. The van der Waals surface area contributed by atoms with Gasteiger partial charge in [-0.05, 0) is 12.1 Å². The summed E-state index contributed by atoms with van der Waals surface area (Å²) in [5.74, 6) is 0.492. The molecule has 0 atom stereocenters. The van der Waals surface area contributed by atoms with Crippen LogP contribution in [0.15, 0.2) is 18.2 Å². The molecule has 2 rings (SSSR count). The van der Waals surface area contributed by atoms with Crippen molar-refractivity contribution in [1.29, 1.82) is 0 Å². The Bertz CT molecular complexity index is 459. The number of carbonyl (C=O) groups excluding carboxylic acids is 1. The van der Waals surface area contributed by atoms with Crippen LogP contribution in [0.25, 0.3) is 0 Å². The molecule has 1 saturated heterocycles. The maximum absolute atomic E-state index is 11.7. The van der Waals surface area contributed by atoms with Crippen molar-refractivity contribution < 1.29 is 4.79 Å². The third kappa shape index (κ3) is 3.47. The molecule has 0 bridgehead atoms. The van der Waals surface area contributed by atoms with E-state index in [1.807, 2.05) is 17.0 Å².